The van der Waals surface area contributed by atoms with Gasteiger partial charge in [-0.1, -0.05) is 64.6 Å². The van der Waals surface area contributed by atoms with E-state index in [1.807, 2.05) is 0 Å². The molecule has 2 aromatic rings. The summed E-state index contributed by atoms with van der Waals surface area (Å²) >= 11 is 23.4. The van der Waals surface area contributed by atoms with Crippen LogP contribution < -0.4 is 10.9 Å². The molecular formula is C20H12Cl4F6N2O2. The van der Waals surface area contributed by atoms with Crippen molar-refractivity contribution in [2.75, 3.05) is 0 Å². The van der Waals surface area contributed by atoms with E-state index >= 15 is 0 Å². The molecule has 4 nitrogen and oxygen atoms in total. The van der Waals surface area contributed by atoms with Gasteiger partial charge in [0.25, 0.3) is 5.91 Å². The summed E-state index contributed by atoms with van der Waals surface area (Å²) in [6.07, 6.45) is -9.38. The first-order chi connectivity index (χ1) is 15.6. The molecule has 14 heteroatoms. The zero-order valence-electron chi connectivity index (χ0n) is 16.4. The smallest absolute Gasteiger partial charge is 0.273 e. The maximum Gasteiger partial charge on any atom is 0.399 e. The topological polar surface area (TPSA) is 58.2 Å². The number of benzene rings is 2. The van der Waals surface area contributed by atoms with Crippen LogP contribution in [0.25, 0.3) is 6.08 Å². The van der Waals surface area contributed by atoms with Crippen molar-refractivity contribution < 1.29 is 35.9 Å². The van der Waals surface area contributed by atoms with E-state index in [0.717, 1.165) is 36.4 Å². The first-order valence-electron chi connectivity index (χ1n) is 8.93. The summed E-state index contributed by atoms with van der Waals surface area (Å²) in [6, 6.07) is 5.58. The average Bonchev–Trinajstić information content (AvgIpc) is 2.68. The normalized spacial score (nSPS) is 13.1. The molecule has 2 amide bonds. The van der Waals surface area contributed by atoms with E-state index in [0.29, 0.717) is 0 Å². The predicted molar refractivity (Wildman–Crippen MR) is 117 cm³/mol. The van der Waals surface area contributed by atoms with Crippen molar-refractivity contribution in [2.24, 2.45) is 0 Å². The molecule has 184 valence electrons. The Morgan fingerprint density at radius 1 is 0.882 bits per heavy atom. The highest BCUT2D eigenvalue weighted by Gasteiger charge is 2.39. The van der Waals surface area contributed by atoms with E-state index in [-0.39, 0.29) is 36.8 Å². The van der Waals surface area contributed by atoms with Crippen LogP contribution >= 0.6 is 46.4 Å². The second-order valence-electron chi connectivity index (χ2n) is 6.71. The number of amides is 2. The monoisotopic (exact) mass is 566 g/mol. The summed E-state index contributed by atoms with van der Waals surface area (Å²) in [5, 5.41) is -0.641. The first-order valence-corrected chi connectivity index (χ1v) is 10.4. The lowest BCUT2D eigenvalue weighted by molar-refractivity contribution is -0.154. The summed E-state index contributed by atoms with van der Waals surface area (Å²) in [5.74, 6) is -4.64. The van der Waals surface area contributed by atoms with Gasteiger partial charge >= 0.3 is 12.4 Å². The van der Waals surface area contributed by atoms with Crippen molar-refractivity contribution >= 4 is 64.3 Å². The number of hydrogen-bond acceptors (Lipinski definition) is 2. The highest BCUT2D eigenvalue weighted by atomic mass is 35.5. The first kappa shape index (κ1) is 28.1. The number of carbonyl (C=O) groups is 2. The standard InChI is InChI=1S/C20H12Cl4F6N2O2/c21-13-5-9(1-3-11(13)18(34)32-31-16(33)8-19(25,26)27)2-4-12(20(28,29)30)10-6-14(22)17(24)15(23)7-10/h1-7,12H,8H2,(H,31,33)(H,32,34). The molecule has 1 unspecified atom stereocenters. The minimum atomic E-state index is -4.77. The fraction of sp³-hybridized carbons (Fsp3) is 0.200. The Morgan fingerprint density at radius 2 is 1.47 bits per heavy atom. The fourth-order valence-electron chi connectivity index (χ4n) is 2.61. The van der Waals surface area contributed by atoms with Crippen LogP contribution in [0.3, 0.4) is 0 Å². The predicted octanol–water partition coefficient (Wildman–Crippen LogP) is 7.37. The molecule has 34 heavy (non-hydrogen) atoms. The molecule has 0 aliphatic heterocycles. The van der Waals surface area contributed by atoms with Crippen LogP contribution in [0.4, 0.5) is 26.3 Å². The molecule has 0 aliphatic rings. The van der Waals surface area contributed by atoms with E-state index in [9.17, 15) is 35.9 Å². The molecule has 2 rings (SSSR count). The van der Waals surface area contributed by atoms with Gasteiger partial charge in [-0.15, -0.1) is 0 Å². The van der Waals surface area contributed by atoms with Gasteiger partial charge in [0.05, 0.1) is 31.6 Å². The van der Waals surface area contributed by atoms with Gasteiger partial charge in [0.15, 0.2) is 0 Å². The Bertz CT molecular complexity index is 1100. The molecule has 1 atom stereocenters. The van der Waals surface area contributed by atoms with Crippen LogP contribution in [0.2, 0.25) is 20.1 Å². The average molecular weight is 568 g/mol. The van der Waals surface area contributed by atoms with E-state index in [4.69, 9.17) is 46.4 Å². The van der Waals surface area contributed by atoms with Gasteiger partial charge in [-0.25, -0.2) is 0 Å². The number of rotatable bonds is 5. The fourth-order valence-corrected chi connectivity index (χ4v) is 3.50. The summed E-state index contributed by atoms with van der Waals surface area (Å²) in [7, 11) is 0. The number of allylic oxidation sites excluding steroid dienone is 1. The maximum atomic E-state index is 13.6. The van der Waals surface area contributed by atoms with Crippen LogP contribution in [0.15, 0.2) is 36.4 Å². The van der Waals surface area contributed by atoms with E-state index in [1.165, 1.54) is 6.07 Å². The second-order valence-corrected chi connectivity index (χ2v) is 8.31. The quantitative estimate of drug-likeness (QED) is 0.225. The lowest BCUT2D eigenvalue weighted by Gasteiger charge is -2.18. The Kier molecular flexibility index (Phi) is 9.15. The van der Waals surface area contributed by atoms with Gasteiger partial charge in [0, 0.05) is 0 Å². The molecule has 0 fully saturated rings. The molecule has 0 spiro atoms. The van der Waals surface area contributed by atoms with Crippen molar-refractivity contribution in [1.29, 1.82) is 0 Å². The summed E-state index contributed by atoms with van der Waals surface area (Å²) in [5.41, 5.74) is 3.01. The molecule has 0 saturated carbocycles. The molecule has 0 radical (unpaired) electrons. The molecule has 0 saturated heterocycles. The number of hydrogen-bond donors (Lipinski definition) is 2. The molecule has 2 N–H and O–H groups in total. The highest BCUT2D eigenvalue weighted by molar-refractivity contribution is 6.48. The van der Waals surface area contributed by atoms with Crippen LogP contribution in [-0.4, -0.2) is 24.2 Å². The number of hydrazine groups is 1. The van der Waals surface area contributed by atoms with Crippen LogP contribution in [0, 0.1) is 0 Å². The Balaban J connectivity index is 2.20. The van der Waals surface area contributed by atoms with Crippen molar-refractivity contribution in [2.45, 2.75) is 24.7 Å². The molecular weight excluding hydrogens is 556 g/mol. The van der Waals surface area contributed by atoms with Crippen molar-refractivity contribution in [3.8, 4) is 0 Å². The van der Waals surface area contributed by atoms with E-state index in [2.05, 4.69) is 0 Å². The largest absolute Gasteiger partial charge is 0.399 e. The van der Waals surface area contributed by atoms with Gasteiger partial charge < -0.3 is 0 Å². The zero-order valence-corrected chi connectivity index (χ0v) is 19.4. The molecule has 0 bridgehead atoms. The lowest BCUT2D eigenvalue weighted by atomic mass is 9.97. The zero-order chi connectivity index (χ0) is 25.8. The third-order valence-electron chi connectivity index (χ3n) is 4.11. The Morgan fingerprint density at radius 3 is 1.97 bits per heavy atom. The van der Waals surface area contributed by atoms with Crippen LogP contribution in [0.1, 0.15) is 33.8 Å². The third kappa shape index (κ3) is 7.97. The summed E-state index contributed by atoms with van der Waals surface area (Å²) in [4.78, 5) is 23.2. The van der Waals surface area contributed by atoms with Gasteiger partial charge in [-0.2, -0.15) is 26.3 Å². The second kappa shape index (κ2) is 11.1. The number of carbonyl (C=O) groups excluding carboxylic acids is 2. The van der Waals surface area contributed by atoms with Crippen molar-refractivity contribution in [3.63, 3.8) is 0 Å². The van der Waals surface area contributed by atoms with Crippen LogP contribution in [-0.2, 0) is 4.79 Å². The minimum Gasteiger partial charge on any atom is -0.273 e. The van der Waals surface area contributed by atoms with E-state index in [1.54, 1.807) is 10.9 Å². The third-order valence-corrected chi connectivity index (χ3v) is 5.62. The Hall–Kier alpha value is -2.14. The molecule has 0 aliphatic carbocycles. The molecule has 2 aromatic carbocycles. The van der Waals surface area contributed by atoms with Crippen molar-refractivity contribution in [3.05, 3.63) is 73.2 Å². The SMILES string of the molecule is O=C(CC(F)(F)F)NNC(=O)c1ccc(C=CC(c2cc(Cl)c(Cl)c(Cl)c2)C(F)(F)F)cc1Cl. The lowest BCUT2D eigenvalue weighted by Crippen LogP contribution is -2.43. The van der Waals surface area contributed by atoms with Gasteiger partial charge in [-0.3, -0.25) is 20.4 Å². The maximum absolute atomic E-state index is 13.6. The number of alkyl halides is 6. The summed E-state index contributed by atoms with van der Waals surface area (Å²) < 4.78 is 77.3. The molecule has 0 aromatic heterocycles. The van der Waals surface area contributed by atoms with Gasteiger partial charge in [-0.05, 0) is 35.4 Å². The number of nitrogens with one attached hydrogen (secondary N) is 2. The van der Waals surface area contributed by atoms with Gasteiger partial charge in [0.2, 0.25) is 5.91 Å². The minimum absolute atomic E-state index is 0.0905. The van der Waals surface area contributed by atoms with E-state index < -0.39 is 36.5 Å². The molecule has 0 heterocycles. The number of halogens is 10. The Labute approximate surface area is 208 Å². The van der Waals surface area contributed by atoms with Crippen LogP contribution in [0.5, 0.6) is 0 Å². The van der Waals surface area contributed by atoms with Crippen molar-refractivity contribution in [1.82, 2.24) is 10.9 Å². The summed E-state index contributed by atoms with van der Waals surface area (Å²) in [6.45, 7) is 0. The van der Waals surface area contributed by atoms with Gasteiger partial charge in [0.1, 0.15) is 6.42 Å². The highest BCUT2D eigenvalue weighted by Crippen LogP contribution is 2.41.